The van der Waals surface area contributed by atoms with Gasteiger partial charge in [0.25, 0.3) is 0 Å². The van der Waals surface area contributed by atoms with Gasteiger partial charge in [0.05, 0.1) is 12.5 Å². The summed E-state index contributed by atoms with van der Waals surface area (Å²) in [5.41, 5.74) is 5.70. The summed E-state index contributed by atoms with van der Waals surface area (Å²) in [5.74, 6) is -0.574. The van der Waals surface area contributed by atoms with E-state index in [1.165, 1.54) is 25.7 Å². The first kappa shape index (κ1) is 13.3. The molecule has 0 aromatic rings. The molecule has 102 valence electrons. The van der Waals surface area contributed by atoms with Gasteiger partial charge in [-0.1, -0.05) is 12.8 Å². The summed E-state index contributed by atoms with van der Waals surface area (Å²) < 4.78 is 0. The molecule has 18 heavy (non-hydrogen) atoms. The van der Waals surface area contributed by atoms with Crippen LogP contribution in [0, 0.1) is 5.92 Å². The Kier molecular flexibility index (Phi) is 4.22. The number of hydrogen-bond acceptors (Lipinski definition) is 3. The Hall–Kier alpha value is -1.10. The van der Waals surface area contributed by atoms with Crippen molar-refractivity contribution in [3.63, 3.8) is 0 Å². The number of fused-ring (bicyclic) bond motifs is 1. The van der Waals surface area contributed by atoms with E-state index in [0.717, 1.165) is 19.4 Å². The molecule has 5 nitrogen and oxygen atoms in total. The van der Waals surface area contributed by atoms with Gasteiger partial charge in [-0.3, -0.25) is 9.59 Å². The number of carboxylic acid groups (broad SMARTS) is 1. The van der Waals surface area contributed by atoms with Crippen LogP contribution in [0.3, 0.4) is 0 Å². The van der Waals surface area contributed by atoms with E-state index in [1.807, 2.05) is 4.90 Å². The zero-order valence-corrected chi connectivity index (χ0v) is 10.7. The third-order valence-electron chi connectivity index (χ3n) is 4.24. The normalized spacial score (nSPS) is 29.5. The highest BCUT2D eigenvalue weighted by Gasteiger charge is 2.37. The van der Waals surface area contributed by atoms with Gasteiger partial charge in [0.1, 0.15) is 0 Å². The maximum absolute atomic E-state index is 12.2. The third-order valence-corrected chi connectivity index (χ3v) is 4.24. The van der Waals surface area contributed by atoms with Crippen LogP contribution >= 0.6 is 0 Å². The second kappa shape index (κ2) is 5.69. The van der Waals surface area contributed by atoms with Gasteiger partial charge in [-0.25, -0.2) is 0 Å². The fourth-order valence-electron chi connectivity index (χ4n) is 3.39. The van der Waals surface area contributed by atoms with E-state index in [2.05, 4.69) is 0 Å². The molecule has 0 aromatic heterocycles. The summed E-state index contributed by atoms with van der Waals surface area (Å²) in [6.07, 6.45) is 6.62. The van der Waals surface area contributed by atoms with Crippen LogP contribution in [0.2, 0.25) is 0 Å². The highest BCUT2D eigenvalue weighted by atomic mass is 16.4. The maximum Gasteiger partial charge on any atom is 0.305 e. The minimum absolute atomic E-state index is 0.172. The SMILES string of the molecule is NC(CC(=O)O)C(=O)N1CCC[C@H]2CCCC[C@H]21. The molecule has 2 rings (SSSR count). The molecule has 1 saturated heterocycles. The Balaban J connectivity index is 2.01. The molecule has 3 N–H and O–H groups in total. The summed E-state index contributed by atoms with van der Waals surface area (Å²) in [4.78, 5) is 24.7. The number of carboxylic acids is 1. The van der Waals surface area contributed by atoms with Crippen LogP contribution in [0.1, 0.15) is 44.9 Å². The van der Waals surface area contributed by atoms with E-state index in [0.29, 0.717) is 12.0 Å². The minimum atomic E-state index is -1.01. The van der Waals surface area contributed by atoms with Gasteiger partial charge in [0.2, 0.25) is 5.91 Å². The van der Waals surface area contributed by atoms with Crippen LogP contribution in [0.15, 0.2) is 0 Å². The molecule has 3 atom stereocenters. The Morgan fingerprint density at radius 1 is 1.22 bits per heavy atom. The molecular weight excluding hydrogens is 232 g/mol. The lowest BCUT2D eigenvalue weighted by atomic mass is 9.78. The zero-order chi connectivity index (χ0) is 13.1. The predicted molar refractivity (Wildman–Crippen MR) is 66.9 cm³/mol. The monoisotopic (exact) mass is 254 g/mol. The van der Waals surface area contributed by atoms with Crippen LogP contribution in [0.25, 0.3) is 0 Å². The van der Waals surface area contributed by atoms with Gasteiger partial charge in [-0.2, -0.15) is 0 Å². The number of carbonyl (C=O) groups excluding carboxylic acids is 1. The summed E-state index contributed by atoms with van der Waals surface area (Å²) in [6, 6.07) is -0.581. The summed E-state index contributed by atoms with van der Waals surface area (Å²) in [7, 11) is 0. The number of hydrogen-bond donors (Lipinski definition) is 2. The fraction of sp³-hybridized carbons (Fsp3) is 0.846. The summed E-state index contributed by atoms with van der Waals surface area (Å²) in [6.45, 7) is 0.743. The lowest BCUT2D eigenvalue weighted by Gasteiger charge is -2.44. The lowest BCUT2D eigenvalue weighted by molar-refractivity contribution is -0.145. The van der Waals surface area contributed by atoms with Crippen LogP contribution in [-0.2, 0) is 9.59 Å². The number of piperidine rings is 1. The first-order valence-electron chi connectivity index (χ1n) is 6.87. The number of amides is 1. The molecule has 5 heteroatoms. The van der Waals surface area contributed by atoms with Crippen molar-refractivity contribution >= 4 is 11.9 Å². The van der Waals surface area contributed by atoms with Crippen molar-refractivity contribution in [1.82, 2.24) is 4.90 Å². The van der Waals surface area contributed by atoms with Crippen LogP contribution in [-0.4, -0.2) is 40.5 Å². The number of carbonyl (C=O) groups is 2. The van der Waals surface area contributed by atoms with Crippen molar-refractivity contribution in [2.24, 2.45) is 11.7 Å². The largest absolute Gasteiger partial charge is 0.481 e. The van der Waals surface area contributed by atoms with Crippen LogP contribution < -0.4 is 5.73 Å². The van der Waals surface area contributed by atoms with Crippen LogP contribution in [0.5, 0.6) is 0 Å². The van der Waals surface area contributed by atoms with E-state index in [1.54, 1.807) is 0 Å². The first-order chi connectivity index (χ1) is 8.59. The van der Waals surface area contributed by atoms with Crippen molar-refractivity contribution in [3.8, 4) is 0 Å². The van der Waals surface area contributed by atoms with Crippen molar-refractivity contribution in [2.75, 3.05) is 6.54 Å². The molecule has 0 bridgehead atoms. The topological polar surface area (TPSA) is 83.6 Å². The Bertz CT molecular complexity index is 330. The van der Waals surface area contributed by atoms with Crippen molar-refractivity contribution in [2.45, 2.75) is 57.0 Å². The molecular formula is C13H22N2O3. The molecule has 1 amide bonds. The second-order valence-corrected chi connectivity index (χ2v) is 5.49. The van der Waals surface area contributed by atoms with Gasteiger partial charge in [-0.05, 0) is 31.6 Å². The average molecular weight is 254 g/mol. The molecule has 1 heterocycles. The van der Waals surface area contributed by atoms with Gasteiger partial charge < -0.3 is 15.7 Å². The van der Waals surface area contributed by atoms with Crippen molar-refractivity contribution in [1.29, 1.82) is 0 Å². The minimum Gasteiger partial charge on any atom is -0.481 e. The lowest BCUT2D eigenvalue weighted by Crippen LogP contribution is -2.54. The molecule has 0 aromatic carbocycles. The molecule has 1 unspecified atom stereocenters. The molecule has 2 fully saturated rings. The highest BCUT2D eigenvalue weighted by molar-refractivity contribution is 5.86. The maximum atomic E-state index is 12.2. The third kappa shape index (κ3) is 2.83. The molecule has 0 spiro atoms. The Labute approximate surface area is 107 Å². The van der Waals surface area contributed by atoms with Crippen molar-refractivity contribution < 1.29 is 14.7 Å². The Morgan fingerprint density at radius 2 is 1.89 bits per heavy atom. The van der Waals surface area contributed by atoms with Gasteiger partial charge in [0.15, 0.2) is 0 Å². The van der Waals surface area contributed by atoms with E-state index in [-0.39, 0.29) is 12.3 Å². The molecule has 1 aliphatic heterocycles. The van der Waals surface area contributed by atoms with Crippen LogP contribution in [0.4, 0.5) is 0 Å². The first-order valence-corrected chi connectivity index (χ1v) is 6.87. The summed E-state index contributed by atoms with van der Waals surface area (Å²) >= 11 is 0. The number of nitrogens with zero attached hydrogens (tertiary/aromatic N) is 1. The van der Waals surface area contributed by atoms with Gasteiger partial charge >= 0.3 is 5.97 Å². The van der Waals surface area contributed by atoms with E-state index in [4.69, 9.17) is 10.8 Å². The van der Waals surface area contributed by atoms with E-state index >= 15 is 0 Å². The number of likely N-dealkylation sites (tertiary alicyclic amines) is 1. The zero-order valence-electron chi connectivity index (χ0n) is 10.7. The molecule has 1 saturated carbocycles. The van der Waals surface area contributed by atoms with Gasteiger partial charge in [-0.15, -0.1) is 0 Å². The molecule has 1 aliphatic carbocycles. The van der Waals surface area contributed by atoms with Gasteiger partial charge in [0, 0.05) is 12.6 Å². The average Bonchev–Trinajstić information content (AvgIpc) is 2.36. The fourth-order valence-corrected chi connectivity index (χ4v) is 3.39. The smallest absolute Gasteiger partial charge is 0.305 e. The molecule has 2 aliphatic rings. The highest BCUT2D eigenvalue weighted by Crippen LogP contribution is 2.35. The van der Waals surface area contributed by atoms with Crippen molar-refractivity contribution in [3.05, 3.63) is 0 Å². The predicted octanol–water partition coefficient (Wildman–Crippen LogP) is 0.970. The van der Waals surface area contributed by atoms with E-state index in [9.17, 15) is 9.59 Å². The van der Waals surface area contributed by atoms with E-state index < -0.39 is 12.0 Å². The second-order valence-electron chi connectivity index (χ2n) is 5.49. The summed E-state index contributed by atoms with van der Waals surface area (Å²) in [5, 5.41) is 8.71. The number of aliphatic carboxylic acids is 1. The molecule has 0 radical (unpaired) electrons. The quantitative estimate of drug-likeness (QED) is 0.786. The number of rotatable bonds is 3. The number of nitrogens with two attached hydrogens (primary N) is 1. The Morgan fingerprint density at radius 3 is 2.61 bits per heavy atom. The standard InChI is InChI=1S/C13H22N2O3/c14-10(8-12(16)17)13(18)15-7-3-5-9-4-1-2-6-11(9)15/h9-11H,1-8,14H2,(H,16,17)/t9-,10?,11-/m1/s1.